The topological polar surface area (TPSA) is 108 Å². The summed E-state index contributed by atoms with van der Waals surface area (Å²) in [6.45, 7) is 0.371. The van der Waals surface area contributed by atoms with Gasteiger partial charge in [-0.05, 0) is 49.1 Å². The van der Waals surface area contributed by atoms with E-state index in [2.05, 4.69) is 15.6 Å². The lowest BCUT2D eigenvalue weighted by Crippen LogP contribution is -3.00. The number of hydrogen-bond donors (Lipinski definition) is 3. The number of halogens is 1. The van der Waals surface area contributed by atoms with Crippen LogP contribution in [0.5, 0.6) is 0 Å². The van der Waals surface area contributed by atoms with E-state index in [0.29, 0.717) is 29.2 Å². The zero-order chi connectivity index (χ0) is 20.9. The van der Waals surface area contributed by atoms with Crippen LogP contribution < -0.4 is 44.1 Å². The molecule has 0 spiro atoms. The Balaban J connectivity index is 0.00000320. The molecule has 0 aliphatic heterocycles. The van der Waals surface area contributed by atoms with Crippen LogP contribution >= 0.6 is 11.3 Å². The summed E-state index contributed by atoms with van der Waals surface area (Å²) in [4.78, 5) is 24.4. The van der Waals surface area contributed by atoms with E-state index in [4.69, 9.17) is 0 Å². The van der Waals surface area contributed by atoms with E-state index < -0.39 is 10.0 Å². The Morgan fingerprint density at radius 2 is 1.87 bits per heavy atom. The molecule has 3 N–H and O–H groups in total. The van der Waals surface area contributed by atoms with Crippen molar-refractivity contribution in [3.63, 3.8) is 0 Å². The second-order valence-corrected chi connectivity index (χ2v) is 10.1. The number of nitrogens with zero attached hydrogens (tertiary/aromatic N) is 1. The van der Waals surface area contributed by atoms with Gasteiger partial charge in [0, 0.05) is 18.5 Å². The highest BCUT2D eigenvalue weighted by molar-refractivity contribution is 7.91. The van der Waals surface area contributed by atoms with Crippen LogP contribution in [0.2, 0.25) is 0 Å². The molecule has 3 rings (SSSR count). The second-order valence-electron chi connectivity index (χ2n) is 7.20. The number of pyridine rings is 1. The molecule has 11 heteroatoms. The lowest BCUT2D eigenvalue weighted by molar-refractivity contribution is -0.671. The Labute approximate surface area is 197 Å². The van der Waals surface area contributed by atoms with Gasteiger partial charge in [-0.25, -0.2) is 17.7 Å². The molecule has 2 aromatic heterocycles. The van der Waals surface area contributed by atoms with Crippen molar-refractivity contribution in [3.05, 3.63) is 47.6 Å². The first-order valence-electron chi connectivity index (χ1n) is 9.44. The zero-order valence-electron chi connectivity index (χ0n) is 16.5. The molecule has 2 aromatic rings. The maximum Gasteiger partial charge on any atom is 0.275 e. The predicted octanol–water partition coefficient (Wildman–Crippen LogP) is -1.88. The molecule has 8 nitrogen and oxygen atoms in total. The number of hydrazine groups is 1. The van der Waals surface area contributed by atoms with Gasteiger partial charge in [0.2, 0.25) is 15.9 Å². The molecule has 0 atom stereocenters. The minimum Gasteiger partial charge on any atom is -1.00 e. The summed E-state index contributed by atoms with van der Waals surface area (Å²) in [7, 11) is -1.64. The highest BCUT2D eigenvalue weighted by Crippen LogP contribution is 2.29. The van der Waals surface area contributed by atoms with Gasteiger partial charge in [-0.2, -0.15) is 0 Å². The maximum absolute atomic E-state index is 12.3. The number of hydrogen-bond acceptors (Lipinski definition) is 5. The van der Waals surface area contributed by atoms with E-state index in [0.717, 1.165) is 12.8 Å². The third-order valence-corrected chi connectivity index (χ3v) is 7.86. The van der Waals surface area contributed by atoms with Crippen molar-refractivity contribution in [1.29, 1.82) is 0 Å². The number of sulfonamides is 1. The lowest BCUT2D eigenvalue weighted by Gasteiger charge is -2.27. The minimum absolute atomic E-state index is 0. The van der Waals surface area contributed by atoms with Crippen molar-refractivity contribution >= 4 is 33.2 Å². The molecule has 1 saturated carbocycles. The van der Waals surface area contributed by atoms with Crippen molar-refractivity contribution in [2.45, 2.75) is 29.9 Å². The Kier molecular flexibility index (Phi) is 9.19. The normalized spacial score (nSPS) is 18.8. The smallest absolute Gasteiger partial charge is 0.275 e. The van der Waals surface area contributed by atoms with Gasteiger partial charge in [0.25, 0.3) is 5.91 Å². The number of thiophene rings is 1. The molecule has 2 heterocycles. The zero-order valence-corrected chi connectivity index (χ0v) is 20.3. The first kappa shape index (κ1) is 24.7. The third-order valence-electron chi connectivity index (χ3n) is 5.04. The van der Waals surface area contributed by atoms with Gasteiger partial charge in [0.1, 0.15) is 16.8 Å². The maximum atomic E-state index is 12.3. The molecule has 0 saturated heterocycles. The number of amides is 2. The summed E-state index contributed by atoms with van der Waals surface area (Å²) in [6, 6.07) is 6.71. The first-order chi connectivity index (χ1) is 13.8. The first-order valence-corrected chi connectivity index (χ1v) is 11.8. The van der Waals surface area contributed by atoms with Crippen LogP contribution in [0.15, 0.2) is 46.2 Å². The summed E-state index contributed by atoms with van der Waals surface area (Å²) >= 11 is 1.19. The number of nitrogens with one attached hydrogen (secondary N) is 3. The van der Waals surface area contributed by atoms with Crippen molar-refractivity contribution in [1.82, 2.24) is 15.6 Å². The van der Waals surface area contributed by atoms with Crippen LogP contribution in [0.3, 0.4) is 0 Å². The van der Waals surface area contributed by atoms with Gasteiger partial charge in [0.15, 0.2) is 12.4 Å². The summed E-state index contributed by atoms with van der Waals surface area (Å²) in [5.41, 5.74) is 5.41. The Bertz CT molecular complexity index is 959. The average molecular weight is 564 g/mol. The minimum atomic E-state index is -3.45. The molecule has 2 amide bonds. The molecule has 1 fully saturated rings. The SMILES string of the molecule is C[n+]1cccc(C(=O)NNC(=O)C2CCC(CNS(=O)(=O)c3cccs3)CC2)c1.[I-]. The predicted molar refractivity (Wildman–Crippen MR) is 108 cm³/mol. The Morgan fingerprint density at radius 3 is 2.50 bits per heavy atom. The van der Waals surface area contributed by atoms with E-state index in [1.807, 2.05) is 13.2 Å². The van der Waals surface area contributed by atoms with Gasteiger partial charge >= 0.3 is 0 Å². The van der Waals surface area contributed by atoms with E-state index >= 15 is 0 Å². The standard InChI is InChI=1S/C19H24N4O4S2.HI/c1-23-10-2-4-16(13-23)19(25)22-21-18(24)15-8-6-14(7-9-15)12-20-29(26,27)17-5-3-11-28-17;/h2-5,10-11,13-15,20H,6-9,12H2,1H3,(H-,21,22,24,25);1H. The monoisotopic (exact) mass is 564 g/mol. The number of carbonyl (C=O) groups excluding carboxylic acids is 2. The summed E-state index contributed by atoms with van der Waals surface area (Å²) in [6.07, 6.45) is 6.32. The molecule has 0 aromatic carbocycles. The molecule has 1 aliphatic carbocycles. The summed E-state index contributed by atoms with van der Waals surface area (Å²) < 4.78 is 29.1. The molecule has 1 aliphatic rings. The molecule has 30 heavy (non-hydrogen) atoms. The van der Waals surface area contributed by atoms with Crippen molar-refractivity contribution in [2.24, 2.45) is 18.9 Å². The van der Waals surface area contributed by atoms with Gasteiger partial charge < -0.3 is 24.0 Å². The fraction of sp³-hybridized carbons (Fsp3) is 0.421. The van der Waals surface area contributed by atoms with Crippen molar-refractivity contribution < 1.29 is 46.6 Å². The fourth-order valence-electron chi connectivity index (χ4n) is 3.36. The highest BCUT2D eigenvalue weighted by Gasteiger charge is 2.28. The van der Waals surface area contributed by atoms with Gasteiger partial charge in [-0.1, -0.05) is 6.07 Å². The van der Waals surface area contributed by atoms with Crippen molar-refractivity contribution in [2.75, 3.05) is 6.54 Å². The number of aromatic nitrogens is 1. The van der Waals surface area contributed by atoms with Crippen LogP contribution in [0.4, 0.5) is 0 Å². The molecular weight excluding hydrogens is 539 g/mol. The molecule has 164 valence electrons. The van der Waals surface area contributed by atoms with E-state index in [1.54, 1.807) is 40.4 Å². The Morgan fingerprint density at radius 1 is 1.13 bits per heavy atom. The van der Waals surface area contributed by atoms with E-state index in [9.17, 15) is 18.0 Å². The van der Waals surface area contributed by atoms with Gasteiger partial charge in [-0.15, -0.1) is 11.3 Å². The van der Waals surface area contributed by atoms with Gasteiger partial charge in [-0.3, -0.25) is 20.4 Å². The van der Waals surface area contributed by atoms with E-state index in [1.165, 1.54) is 11.3 Å². The third kappa shape index (κ3) is 6.72. The Hall–Kier alpha value is -1.57. The van der Waals surface area contributed by atoms with Crippen LogP contribution in [0.25, 0.3) is 0 Å². The molecular formula is C19H25IN4O4S2. The highest BCUT2D eigenvalue weighted by atomic mass is 127. The largest absolute Gasteiger partial charge is 1.00 e. The number of rotatable bonds is 6. The van der Waals surface area contributed by atoms with Crippen LogP contribution in [0, 0.1) is 11.8 Å². The van der Waals surface area contributed by atoms with Crippen molar-refractivity contribution in [3.8, 4) is 0 Å². The number of aryl methyl sites for hydroxylation is 1. The molecule has 0 radical (unpaired) electrons. The lowest BCUT2D eigenvalue weighted by atomic mass is 9.82. The summed E-state index contributed by atoms with van der Waals surface area (Å²) in [5.74, 6) is -0.567. The van der Waals surface area contributed by atoms with Crippen LogP contribution in [-0.2, 0) is 21.9 Å². The van der Waals surface area contributed by atoms with Crippen LogP contribution in [0.1, 0.15) is 36.0 Å². The van der Waals surface area contributed by atoms with Gasteiger partial charge in [0.05, 0.1) is 0 Å². The van der Waals surface area contributed by atoms with E-state index in [-0.39, 0.29) is 47.6 Å². The fourth-order valence-corrected chi connectivity index (χ4v) is 5.51. The number of carbonyl (C=O) groups is 2. The summed E-state index contributed by atoms with van der Waals surface area (Å²) in [5, 5.41) is 1.73. The quantitative estimate of drug-likeness (QED) is 0.217. The molecule has 0 unspecified atom stereocenters. The average Bonchev–Trinajstić information content (AvgIpc) is 3.26. The second kappa shape index (κ2) is 11.2. The molecule has 0 bridgehead atoms. The van der Waals surface area contributed by atoms with Crippen LogP contribution in [-0.4, -0.2) is 26.8 Å².